The number of aromatic nitrogens is 2. The lowest BCUT2D eigenvalue weighted by Gasteiger charge is -2.11. The van der Waals surface area contributed by atoms with Crippen molar-refractivity contribution in [3.8, 4) is 12.1 Å². The molecular formula is C17H13N5O3. The first-order valence-electron chi connectivity index (χ1n) is 7.62. The highest BCUT2D eigenvalue weighted by Gasteiger charge is 2.23. The molecule has 25 heavy (non-hydrogen) atoms. The van der Waals surface area contributed by atoms with Crippen LogP contribution in [-0.2, 0) is 24.3 Å². The summed E-state index contributed by atoms with van der Waals surface area (Å²) in [7, 11) is 0. The van der Waals surface area contributed by atoms with E-state index >= 15 is 0 Å². The van der Waals surface area contributed by atoms with Crippen LogP contribution in [0, 0.1) is 22.7 Å². The minimum atomic E-state index is -0.760. The number of hydrogen-bond donors (Lipinski definition) is 1. The highest BCUT2D eigenvalue weighted by molar-refractivity contribution is 5.91. The molecule has 1 aromatic heterocycles. The van der Waals surface area contributed by atoms with E-state index in [-0.39, 0.29) is 11.1 Å². The Labute approximate surface area is 142 Å². The van der Waals surface area contributed by atoms with Crippen molar-refractivity contribution >= 4 is 11.6 Å². The van der Waals surface area contributed by atoms with Gasteiger partial charge in [-0.05, 0) is 25.0 Å². The van der Waals surface area contributed by atoms with Gasteiger partial charge in [0.2, 0.25) is 5.91 Å². The maximum atomic E-state index is 12.4. The minimum absolute atomic E-state index is 0.0951. The summed E-state index contributed by atoms with van der Waals surface area (Å²) >= 11 is 0. The molecule has 1 aromatic carbocycles. The fourth-order valence-corrected chi connectivity index (χ4v) is 2.91. The van der Waals surface area contributed by atoms with E-state index in [1.165, 1.54) is 4.57 Å². The van der Waals surface area contributed by atoms with Crippen LogP contribution in [0.3, 0.4) is 0 Å². The van der Waals surface area contributed by atoms with Crippen molar-refractivity contribution in [2.24, 2.45) is 0 Å². The Balaban J connectivity index is 1.95. The smallest absolute Gasteiger partial charge is 0.323 e. The molecule has 1 aliphatic heterocycles. The summed E-state index contributed by atoms with van der Waals surface area (Å²) in [4.78, 5) is 37.1. The summed E-state index contributed by atoms with van der Waals surface area (Å²) in [5.74, 6) is -0.621. The number of amides is 1. The molecule has 2 heterocycles. The number of para-hydroxylation sites is 1. The number of benzene rings is 1. The van der Waals surface area contributed by atoms with E-state index in [1.807, 2.05) is 12.1 Å². The number of nitrogens with one attached hydrogen (secondary N) is 1. The van der Waals surface area contributed by atoms with Crippen LogP contribution in [0.25, 0.3) is 0 Å². The van der Waals surface area contributed by atoms with E-state index in [1.54, 1.807) is 24.3 Å². The number of carbonyl (C=O) groups is 1. The average molecular weight is 335 g/mol. The highest BCUT2D eigenvalue weighted by Crippen LogP contribution is 2.14. The van der Waals surface area contributed by atoms with Crippen molar-refractivity contribution < 1.29 is 4.79 Å². The standard InChI is InChI=1S/C17H13N5O3/c18-8-11-4-1-2-5-13(11)20-15(23)10-22-16(24)12(9-19)14-6-3-7-21(14)17(22)25/h1-2,4-5H,3,6-7,10H2,(H,20,23). The summed E-state index contributed by atoms with van der Waals surface area (Å²) in [6, 6.07) is 10.2. The summed E-state index contributed by atoms with van der Waals surface area (Å²) in [6.45, 7) is -0.103. The van der Waals surface area contributed by atoms with Gasteiger partial charge in [0.05, 0.1) is 11.3 Å². The molecule has 0 atom stereocenters. The first-order chi connectivity index (χ1) is 12.1. The fourth-order valence-electron chi connectivity index (χ4n) is 2.91. The molecule has 0 bridgehead atoms. The molecule has 1 N–H and O–H groups in total. The zero-order valence-corrected chi connectivity index (χ0v) is 13.2. The second kappa shape index (κ2) is 6.46. The van der Waals surface area contributed by atoms with E-state index < -0.39 is 23.7 Å². The molecule has 1 aliphatic rings. The van der Waals surface area contributed by atoms with Gasteiger partial charge in [-0.2, -0.15) is 10.5 Å². The highest BCUT2D eigenvalue weighted by atomic mass is 16.2. The van der Waals surface area contributed by atoms with Crippen LogP contribution in [-0.4, -0.2) is 15.0 Å². The van der Waals surface area contributed by atoms with E-state index in [4.69, 9.17) is 5.26 Å². The van der Waals surface area contributed by atoms with Crippen LogP contribution < -0.4 is 16.6 Å². The van der Waals surface area contributed by atoms with Gasteiger partial charge in [-0.25, -0.2) is 9.36 Å². The van der Waals surface area contributed by atoms with Crippen LogP contribution in [0.4, 0.5) is 5.69 Å². The van der Waals surface area contributed by atoms with Gasteiger partial charge in [0.15, 0.2) is 0 Å². The van der Waals surface area contributed by atoms with Crippen LogP contribution in [0.2, 0.25) is 0 Å². The number of rotatable bonds is 3. The van der Waals surface area contributed by atoms with E-state index in [0.717, 1.165) is 4.57 Å². The van der Waals surface area contributed by atoms with Gasteiger partial charge in [-0.15, -0.1) is 0 Å². The number of hydrogen-bond acceptors (Lipinski definition) is 5. The number of nitrogens with zero attached hydrogens (tertiary/aromatic N) is 4. The number of anilines is 1. The molecule has 124 valence electrons. The molecule has 3 rings (SSSR count). The maximum Gasteiger partial charge on any atom is 0.331 e. The van der Waals surface area contributed by atoms with E-state index in [2.05, 4.69) is 5.32 Å². The predicted molar refractivity (Wildman–Crippen MR) is 87.8 cm³/mol. The van der Waals surface area contributed by atoms with Gasteiger partial charge in [0.1, 0.15) is 24.2 Å². The first-order valence-corrected chi connectivity index (χ1v) is 7.62. The second-order valence-corrected chi connectivity index (χ2v) is 5.57. The summed E-state index contributed by atoms with van der Waals surface area (Å²) in [5, 5.41) is 20.8. The Morgan fingerprint density at radius 2 is 1.96 bits per heavy atom. The van der Waals surface area contributed by atoms with Crippen LogP contribution in [0.1, 0.15) is 23.2 Å². The normalized spacial score (nSPS) is 12.1. The van der Waals surface area contributed by atoms with Crippen molar-refractivity contribution in [1.82, 2.24) is 9.13 Å². The van der Waals surface area contributed by atoms with Gasteiger partial charge in [0.25, 0.3) is 5.56 Å². The van der Waals surface area contributed by atoms with Crippen LogP contribution in [0.15, 0.2) is 33.9 Å². The van der Waals surface area contributed by atoms with Gasteiger partial charge in [-0.3, -0.25) is 14.2 Å². The Kier molecular flexibility index (Phi) is 4.19. The zero-order valence-electron chi connectivity index (χ0n) is 13.2. The molecule has 1 amide bonds. The molecule has 0 saturated carbocycles. The third-order valence-corrected chi connectivity index (χ3v) is 4.07. The molecule has 8 nitrogen and oxygen atoms in total. The van der Waals surface area contributed by atoms with Gasteiger partial charge in [-0.1, -0.05) is 12.1 Å². The maximum absolute atomic E-state index is 12.4. The lowest BCUT2D eigenvalue weighted by Crippen LogP contribution is -2.44. The Morgan fingerprint density at radius 3 is 2.68 bits per heavy atom. The van der Waals surface area contributed by atoms with Crippen molar-refractivity contribution in [3.05, 3.63) is 61.9 Å². The average Bonchev–Trinajstić information content (AvgIpc) is 3.09. The predicted octanol–water partition coefficient (Wildman–Crippen LogP) is 0.338. The lowest BCUT2D eigenvalue weighted by atomic mass is 10.2. The first kappa shape index (κ1) is 16.2. The summed E-state index contributed by atoms with van der Waals surface area (Å²) < 4.78 is 2.13. The van der Waals surface area contributed by atoms with E-state index in [0.29, 0.717) is 30.8 Å². The summed E-state index contributed by atoms with van der Waals surface area (Å²) in [5.41, 5.74) is -0.452. The Morgan fingerprint density at radius 1 is 1.20 bits per heavy atom. The summed E-state index contributed by atoms with van der Waals surface area (Å²) in [6.07, 6.45) is 1.17. The Bertz CT molecular complexity index is 1070. The van der Waals surface area contributed by atoms with Crippen LogP contribution in [0.5, 0.6) is 0 Å². The monoisotopic (exact) mass is 335 g/mol. The molecule has 0 unspecified atom stereocenters. The molecule has 0 spiro atoms. The van der Waals surface area contributed by atoms with Crippen molar-refractivity contribution in [1.29, 1.82) is 10.5 Å². The molecule has 8 heteroatoms. The van der Waals surface area contributed by atoms with E-state index in [9.17, 15) is 19.6 Å². The van der Waals surface area contributed by atoms with Gasteiger partial charge >= 0.3 is 5.69 Å². The van der Waals surface area contributed by atoms with Gasteiger partial charge in [0, 0.05) is 12.2 Å². The number of nitriles is 2. The number of fused-ring (bicyclic) bond motifs is 1. The van der Waals surface area contributed by atoms with Crippen molar-refractivity contribution in [3.63, 3.8) is 0 Å². The van der Waals surface area contributed by atoms with Gasteiger partial charge < -0.3 is 5.32 Å². The SMILES string of the molecule is N#Cc1ccccc1NC(=O)Cn1c(=O)c(C#N)c2n(c1=O)CCC2. The third kappa shape index (κ3) is 2.81. The molecule has 0 aliphatic carbocycles. The molecule has 0 fully saturated rings. The number of carbonyl (C=O) groups excluding carboxylic acids is 1. The second-order valence-electron chi connectivity index (χ2n) is 5.57. The fraction of sp³-hybridized carbons (Fsp3) is 0.235. The largest absolute Gasteiger partial charge is 0.331 e. The Hall–Kier alpha value is -3.65. The molecule has 0 saturated heterocycles. The molecular weight excluding hydrogens is 322 g/mol. The third-order valence-electron chi connectivity index (χ3n) is 4.07. The minimum Gasteiger partial charge on any atom is -0.323 e. The van der Waals surface area contributed by atoms with Crippen molar-refractivity contribution in [2.75, 3.05) is 5.32 Å². The van der Waals surface area contributed by atoms with Crippen LogP contribution >= 0.6 is 0 Å². The quantitative estimate of drug-likeness (QED) is 0.867. The molecule has 0 radical (unpaired) electrons. The topological polar surface area (TPSA) is 121 Å². The zero-order chi connectivity index (χ0) is 18.0. The van der Waals surface area contributed by atoms with Crippen molar-refractivity contribution in [2.45, 2.75) is 25.9 Å². The lowest BCUT2D eigenvalue weighted by molar-refractivity contribution is -0.116. The molecule has 2 aromatic rings.